The number of carbonyl (C=O) groups is 1. The number of carbonyl (C=O) groups excluding carboxylic acids is 1. The zero-order valence-electron chi connectivity index (χ0n) is 10.6. The van der Waals surface area contributed by atoms with Crippen LogP contribution in [0.1, 0.15) is 27.7 Å². The van der Waals surface area contributed by atoms with Crippen molar-refractivity contribution >= 4 is 5.97 Å². The van der Waals surface area contributed by atoms with Crippen LogP contribution >= 0.6 is 0 Å². The van der Waals surface area contributed by atoms with Gasteiger partial charge in [-0.2, -0.15) is 0 Å². The van der Waals surface area contributed by atoms with Gasteiger partial charge in [0.05, 0.1) is 19.8 Å². The summed E-state index contributed by atoms with van der Waals surface area (Å²) in [5, 5.41) is 0. The molecule has 2 saturated heterocycles. The molecule has 1 spiro atoms. The molecule has 0 aromatic rings. The van der Waals surface area contributed by atoms with Gasteiger partial charge < -0.3 is 14.2 Å². The van der Waals surface area contributed by atoms with Crippen LogP contribution in [0.3, 0.4) is 0 Å². The SMILES string of the molecule is COC(=O)C1(C(C)C)OC12COC(C)C2C. The van der Waals surface area contributed by atoms with Crippen molar-refractivity contribution in [2.45, 2.75) is 45.0 Å². The monoisotopic (exact) mass is 228 g/mol. The second kappa shape index (κ2) is 3.44. The van der Waals surface area contributed by atoms with E-state index in [0.717, 1.165) is 0 Å². The molecule has 0 radical (unpaired) electrons. The highest BCUT2D eigenvalue weighted by Gasteiger charge is 2.81. The molecule has 92 valence electrons. The summed E-state index contributed by atoms with van der Waals surface area (Å²) in [5.41, 5.74) is -1.26. The molecule has 0 bridgehead atoms. The Kier molecular flexibility index (Phi) is 2.55. The van der Waals surface area contributed by atoms with Crippen LogP contribution in [-0.4, -0.2) is 37.0 Å². The number of methoxy groups -OCH3 is 1. The van der Waals surface area contributed by atoms with E-state index in [-0.39, 0.29) is 23.9 Å². The lowest BCUT2D eigenvalue weighted by Gasteiger charge is -2.20. The van der Waals surface area contributed by atoms with Gasteiger partial charge in [0, 0.05) is 5.92 Å². The third-order valence-electron chi connectivity index (χ3n) is 4.23. The fourth-order valence-electron chi connectivity index (χ4n) is 2.95. The summed E-state index contributed by atoms with van der Waals surface area (Å²) < 4.78 is 16.4. The molecule has 4 unspecified atom stereocenters. The molecule has 2 heterocycles. The van der Waals surface area contributed by atoms with Gasteiger partial charge in [0.15, 0.2) is 5.60 Å². The normalized spacial score (nSPS) is 46.4. The van der Waals surface area contributed by atoms with Crippen molar-refractivity contribution in [3.05, 3.63) is 0 Å². The topological polar surface area (TPSA) is 48.1 Å². The zero-order valence-corrected chi connectivity index (χ0v) is 10.6. The van der Waals surface area contributed by atoms with Crippen LogP contribution in [0, 0.1) is 11.8 Å². The van der Waals surface area contributed by atoms with E-state index >= 15 is 0 Å². The highest BCUT2D eigenvalue weighted by atomic mass is 16.7. The largest absolute Gasteiger partial charge is 0.467 e. The van der Waals surface area contributed by atoms with Crippen molar-refractivity contribution in [1.82, 2.24) is 0 Å². The molecule has 0 aliphatic carbocycles. The first-order valence-electron chi connectivity index (χ1n) is 5.82. The van der Waals surface area contributed by atoms with E-state index in [0.29, 0.717) is 6.61 Å². The Balaban J connectivity index is 2.31. The molecular weight excluding hydrogens is 208 g/mol. The van der Waals surface area contributed by atoms with E-state index in [2.05, 4.69) is 6.92 Å². The zero-order chi connectivity index (χ0) is 12.1. The van der Waals surface area contributed by atoms with Gasteiger partial charge in [0.1, 0.15) is 5.60 Å². The van der Waals surface area contributed by atoms with E-state index < -0.39 is 11.2 Å². The Morgan fingerprint density at radius 1 is 1.44 bits per heavy atom. The maximum Gasteiger partial charge on any atom is 0.341 e. The third-order valence-corrected chi connectivity index (χ3v) is 4.23. The van der Waals surface area contributed by atoms with Crippen molar-refractivity contribution in [2.24, 2.45) is 11.8 Å². The minimum Gasteiger partial charge on any atom is -0.467 e. The molecule has 2 aliphatic rings. The summed E-state index contributed by atoms with van der Waals surface area (Å²) >= 11 is 0. The van der Waals surface area contributed by atoms with E-state index in [1.54, 1.807) is 0 Å². The summed E-state index contributed by atoms with van der Waals surface area (Å²) in [6.45, 7) is 8.56. The number of epoxide rings is 1. The molecule has 4 nitrogen and oxygen atoms in total. The van der Waals surface area contributed by atoms with E-state index in [9.17, 15) is 4.79 Å². The predicted molar refractivity (Wildman–Crippen MR) is 58.0 cm³/mol. The second-order valence-corrected chi connectivity index (χ2v) is 5.18. The molecule has 2 rings (SSSR count). The summed E-state index contributed by atoms with van der Waals surface area (Å²) in [7, 11) is 1.41. The first-order chi connectivity index (χ1) is 7.42. The Labute approximate surface area is 96.2 Å². The highest BCUT2D eigenvalue weighted by Crippen LogP contribution is 2.61. The molecule has 0 amide bonds. The van der Waals surface area contributed by atoms with Gasteiger partial charge in [-0.05, 0) is 12.8 Å². The average molecular weight is 228 g/mol. The van der Waals surface area contributed by atoms with Crippen molar-refractivity contribution in [1.29, 1.82) is 0 Å². The average Bonchev–Trinajstić information content (AvgIpc) is 2.88. The molecule has 0 N–H and O–H groups in total. The first-order valence-corrected chi connectivity index (χ1v) is 5.82. The lowest BCUT2D eigenvalue weighted by atomic mass is 9.77. The maximum absolute atomic E-state index is 11.9. The number of hydrogen-bond donors (Lipinski definition) is 0. The molecule has 0 aromatic carbocycles. The fourth-order valence-corrected chi connectivity index (χ4v) is 2.95. The van der Waals surface area contributed by atoms with Crippen molar-refractivity contribution in [3.63, 3.8) is 0 Å². The highest BCUT2D eigenvalue weighted by molar-refractivity contribution is 5.85. The van der Waals surface area contributed by atoms with E-state index in [1.807, 2.05) is 20.8 Å². The Morgan fingerprint density at radius 2 is 2.06 bits per heavy atom. The van der Waals surface area contributed by atoms with Gasteiger partial charge in [-0.15, -0.1) is 0 Å². The molecule has 0 aromatic heterocycles. The Hall–Kier alpha value is -0.610. The number of ether oxygens (including phenoxy) is 3. The lowest BCUT2D eigenvalue weighted by molar-refractivity contribution is -0.148. The van der Waals surface area contributed by atoms with Gasteiger partial charge in [0.25, 0.3) is 0 Å². The quantitative estimate of drug-likeness (QED) is 0.529. The third kappa shape index (κ3) is 1.14. The van der Waals surface area contributed by atoms with Gasteiger partial charge in [-0.3, -0.25) is 0 Å². The Bertz CT molecular complexity index is 314. The predicted octanol–water partition coefficient (Wildman–Crippen LogP) is 1.38. The van der Waals surface area contributed by atoms with Crippen LogP contribution < -0.4 is 0 Å². The van der Waals surface area contributed by atoms with Gasteiger partial charge in [-0.1, -0.05) is 20.8 Å². The number of rotatable bonds is 2. The first kappa shape index (κ1) is 11.9. The van der Waals surface area contributed by atoms with Crippen molar-refractivity contribution < 1.29 is 19.0 Å². The van der Waals surface area contributed by atoms with Crippen LogP contribution in [-0.2, 0) is 19.0 Å². The molecule has 2 aliphatic heterocycles. The lowest BCUT2D eigenvalue weighted by Crippen LogP contribution is -2.43. The van der Waals surface area contributed by atoms with Crippen LogP contribution in [0.15, 0.2) is 0 Å². The van der Waals surface area contributed by atoms with Crippen LogP contribution in [0.25, 0.3) is 0 Å². The molecular formula is C12H20O4. The van der Waals surface area contributed by atoms with Crippen LogP contribution in [0.4, 0.5) is 0 Å². The fraction of sp³-hybridized carbons (Fsp3) is 0.917. The minimum absolute atomic E-state index is 0.0938. The second-order valence-electron chi connectivity index (χ2n) is 5.18. The van der Waals surface area contributed by atoms with Crippen molar-refractivity contribution in [2.75, 3.05) is 13.7 Å². The smallest absolute Gasteiger partial charge is 0.341 e. The summed E-state index contributed by atoms with van der Waals surface area (Å²) in [6.07, 6.45) is 0.130. The summed E-state index contributed by atoms with van der Waals surface area (Å²) in [4.78, 5) is 11.9. The van der Waals surface area contributed by atoms with Gasteiger partial charge in [0.2, 0.25) is 0 Å². The van der Waals surface area contributed by atoms with Crippen LogP contribution in [0.5, 0.6) is 0 Å². The van der Waals surface area contributed by atoms with Gasteiger partial charge in [-0.25, -0.2) is 4.79 Å². The molecule has 2 fully saturated rings. The summed E-state index contributed by atoms with van der Waals surface area (Å²) in [5.74, 6) is 0.0392. The van der Waals surface area contributed by atoms with Crippen molar-refractivity contribution in [3.8, 4) is 0 Å². The molecule has 0 saturated carbocycles. The minimum atomic E-state index is -0.800. The van der Waals surface area contributed by atoms with E-state index in [1.165, 1.54) is 7.11 Å². The maximum atomic E-state index is 11.9. The molecule has 4 heteroatoms. The Morgan fingerprint density at radius 3 is 2.44 bits per heavy atom. The van der Waals surface area contributed by atoms with E-state index in [4.69, 9.17) is 14.2 Å². The molecule has 4 atom stereocenters. The summed E-state index contributed by atoms with van der Waals surface area (Å²) in [6, 6.07) is 0. The molecule has 16 heavy (non-hydrogen) atoms. The number of esters is 1. The number of hydrogen-bond acceptors (Lipinski definition) is 4. The van der Waals surface area contributed by atoms with Crippen LogP contribution in [0.2, 0.25) is 0 Å². The van der Waals surface area contributed by atoms with Gasteiger partial charge >= 0.3 is 5.97 Å². The standard InChI is InChI=1S/C12H20O4/c1-7(2)12(10(13)14-5)11(16-12)6-15-9(4)8(11)3/h7-9H,6H2,1-5H3.